The van der Waals surface area contributed by atoms with Gasteiger partial charge >= 0.3 is 0 Å². The molecule has 0 unspecified atom stereocenters. The topological polar surface area (TPSA) is 98.3 Å². The van der Waals surface area contributed by atoms with Crippen molar-refractivity contribution < 1.29 is 9.72 Å². The summed E-state index contributed by atoms with van der Waals surface area (Å²) in [5.41, 5.74) is 7.39. The van der Waals surface area contributed by atoms with Crippen molar-refractivity contribution in [2.45, 2.75) is 13.5 Å². The maximum atomic E-state index is 12.3. The third-order valence-electron chi connectivity index (χ3n) is 3.10. The number of benzene rings is 2. The van der Waals surface area contributed by atoms with E-state index in [1.807, 2.05) is 6.07 Å². The fourth-order valence-corrected chi connectivity index (χ4v) is 2.07. The molecule has 2 rings (SSSR count). The van der Waals surface area contributed by atoms with Gasteiger partial charge in [-0.25, -0.2) is 0 Å². The van der Waals surface area contributed by atoms with Gasteiger partial charge in [0.05, 0.1) is 4.92 Å². The van der Waals surface area contributed by atoms with Crippen LogP contribution < -0.4 is 11.1 Å². The molecular weight excluding hydrogens is 270 g/mol. The SMILES string of the molecule is Cc1cccc([N+](=O)[O-])c1C(=O)Nc1cccc(CN)c1. The number of nitrogens with zero attached hydrogens (tertiary/aromatic N) is 1. The van der Waals surface area contributed by atoms with Crippen LogP contribution in [0.2, 0.25) is 0 Å². The summed E-state index contributed by atoms with van der Waals surface area (Å²) < 4.78 is 0. The highest BCUT2D eigenvalue weighted by Gasteiger charge is 2.22. The lowest BCUT2D eigenvalue weighted by Crippen LogP contribution is -2.15. The number of hydrogen-bond donors (Lipinski definition) is 2. The van der Waals surface area contributed by atoms with Crippen molar-refractivity contribution in [1.29, 1.82) is 0 Å². The van der Waals surface area contributed by atoms with Crippen molar-refractivity contribution in [1.82, 2.24) is 0 Å². The normalized spacial score (nSPS) is 10.2. The van der Waals surface area contributed by atoms with Gasteiger partial charge in [0.2, 0.25) is 0 Å². The smallest absolute Gasteiger partial charge is 0.282 e. The molecule has 6 nitrogen and oxygen atoms in total. The van der Waals surface area contributed by atoms with Gasteiger partial charge in [0, 0.05) is 18.3 Å². The fourth-order valence-electron chi connectivity index (χ4n) is 2.07. The molecular formula is C15H15N3O3. The summed E-state index contributed by atoms with van der Waals surface area (Å²) in [5, 5.41) is 13.7. The summed E-state index contributed by atoms with van der Waals surface area (Å²) in [6, 6.07) is 11.6. The quantitative estimate of drug-likeness (QED) is 0.666. The third kappa shape index (κ3) is 3.24. The lowest BCUT2D eigenvalue weighted by molar-refractivity contribution is -0.385. The van der Waals surface area contributed by atoms with Crippen molar-refractivity contribution in [3.05, 3.63) is 69.3 Å². The first kappa shape index (κ1) is 14.7. The van der Waals surface area contributed by atoms with Crippen LogP contribution in [0.1, 0.15) is 21.5 Å². The van der Waals surface area contributed by atoms with Gasteiger partial charge in [-0.1, -0.05) is 24.3 Å². The zero-order valence-electron chi connectivity index (χ0n) is 11.5. The molecule has 0 saturated carbocycles. The van der Waals surface area contributed by atoms with Gasteiger partial charge in [0.25, 0.3) is 11.6 Å². The van der Waals surface area contributed by atoms with Gasteiger partial charge in [-0.05, 0) is 30.2 Å². The molecule has 0 saturated heterocycles. The summed E-state index contributed by atoms with van der Waals surface area (Å²) in [7, 11) is 0. The van der Waals surface area contributed by atoms with Gasteiger partial charge < -0.3 is 11.1 Å². The highest BCUT2D eigenvalue weighted by molar-refractivity contribution is 6.08. The van der Waals surface area contributed by atoms with Crippen LogP contribution in [-0.2, 0) is 6.54 Å². The fraction of sp³-hybridized carbons (Fsp3) is 0.133. The molecule has 2 aromatic rings. The predicted molar refractivity (Wildman–Crippen MR) is 80.1 cm³/mol. The molecule has 1 amide bonds. The number of amides is 1. The number of anilines is 1. The summed E-state index contributed by atoms with van der Waals surface area (Å²) in [5.74, 6) is -0.506. The van der Waals surface area contributed by atoms with E-state index in [0.717, 1.165) is 5.56 Å². The van der Waals surface area contributed by atoms with Crippen LogP contribution in [0.5, 0.6) is 0 Å². The lowest BCUT2D eigenvalue weighted by Gasteiger charge is -2.09. The minimum absolute atomic E-state index is 0.0700. The number of carbonyl (C=O) groups is 1. The highest BCUT2D eigenvalue weighted by atomic mass is 16.6. The minimum Gasteiger partial charge on any atom is -0.326 e. The Morgan fingerprint density at radius 3 is 2.67 bits per heavy atom. The maximum Gasteiger partial charge on any atom is 0.282 e. The maximum absolute atomic E-state index is 12.3. The lowest BCUT2D eigenvalue weighted by atomic mass is 10.1. The molecule has 2 aromatic carbocycles. The van der Waals surface area contributed by atoms with E-state index in [4.69, 9.17) is 5.73 Å². The molecule has 108 valence electrons. The van der Waals surface area contributed by atoms with Gasteiger partial charge in [-0.3, -0.25) is 14.9 Å². The second kappa shape index (κ2) is 6.15. The van der Waals surface area contributed by atoms with Crippen molar-refractivity contribution >= 4 is 17.3 Å². The zero-order valence-corrected chi connectivity index (χ0v) is 11.5. The van der Waals surface area contributed by atoms with E-state index in [2.05, 4.69) is 5.32 Å². The van der Waals surface area contributed by atoms with Crippen LogP contribution in [0.25, 0.3) is 0 Å². The molecule has 0 radical (unpaired) electrons. The van der Waals surface area contributed by atoms with E-state index in [9.17, 15) is 14.9 Å². The van der Waals surface area contributed by atoms with Gasteiger partial charge in [-0.2, -0.15) is 0 Å². The average molecular weight is 285 g/mol. The molecule has 0 aromatic heterocycles. The molecule has 0 atom stereocenters. The highest BCUT2D eigenvalue weighted by Crippen LogP contribution is 2.23. The van der Waals surface area contributed by atoms with Gasteiger partial charge in [0.1, 0.15) is 5.56 Å². The molecule has 0 bridgehead atoms. The van der Waals surface area contributed by atoms with E-state index >= 15 is 0 Å². The first-order chi connectivity index (χ1) is 10.0. The Balaban J connectivity index is 2.34. The summed E-state index contributed by atoms with van der Waals surface area (Å²) >= 11 is 0. The Kier molecular flexibility index (Phi) is 4.30. The van der Waals surface area contributed by atoms with Crippen molar-refractivity contribution in [2.24, 2.45) is 5.73 Å². The number of nitrogens with two attached hydrogens (primary N) is 1. The van der Waals surface area contributed by atoms with Crippen molar-refractivity contribution in [3.63, 3.8) is 0 Å². The van der Waals surface area contributed by atoms with Gasteiger partial charge in [-0.15, -0.1) is 0 Å². The molecule has 0 fully saturated rings. The number of carbonyl (C=O) groups excluding carboxylic acids is 1. The Labute approximate surface area is 121 Å². The number of nitro groups is 1. The average Bonchev–Trinajstić information content (AvgIpc) is 2.46. The molecule has 0 aliphatic rings. The van der Waals surface area contributed by atoms with Crippen LogP contribution >= 0.6 is 0 Å². The first-order valence-corrected chi connectivity index (χ1v) is 6.37. The summed E-state index contributed by atoms with van der Waals surface area (Å²) in [6.07, 6.45) is 0. The molecule has 0 heterocycles. The minimum atomic E-state index is -0.557. The Morgan fingerprint density at radius 1 is 1.29 bits per heavy atom. The van der Waals surface area contributed by atoms with Gasteiger partial charge in [0.15, 0.2) is 0 Å². The number of nitro benzene ring substituents is 1. The largest absolute Gasteiger partial charge is 0.326 e. The number of hydrogen-bond acceptors (Lipinski definition) is 4. The summed E-state index contributed by atoms with van der Waals surface area (Å²) in [4.78, 5) is 22.8. The second-order valence-electron chi connectivity index (χ2n) is 4.58. The molecule has 3 N–H and O–H groups in total. The first-order valence-electron chi connectivity index (χ1n) is 6.37. The number of rotatable bonds is 4. The van der Waals surface area contributed by atoms with E-state index < -0.39 is 10.8 Å². The standard InChI is InChI=1S/C15H15N3O3/c1-10-4-2-7-13(18(20)21)14(10)15(19)17-12-6-3-5-11(8-12)9-16/h2-8H,9,16H2,1H3,(H,17,19). The molecule has 21 heavy (non-hydrogen) atoms. The monoisotopic (exact) mass is 285 g/mol. The van der Waals surface area contributed by atoms with Crippen molar-refractivity contribution in [3.8, 4) is 0 Å². The second-order valence-corrected chi connectivity index (χ2v) is 4.58. The molecule has 6 heteroatoms. The van der Waals surface area contributed by atoms with E-state index in [1.165, 1.54) is 6.07 Å². The predicted octanol–water partition coefficient (Wildman–Crippen LogP) is 2.61. The molecule has 0 aliphatic heterocycles. The van der Waals surface area contributed by atoms with Crippen LogP contribution in [0, 0.1) is 17.0 Å². The van der Waals surface area contributed by atoms with Crippen LogP contribution in [0.15, 0.2) is 42.5 Å². The Hall–Kier alpha value is -2.73. The van der Waals surface area contributed by atoms with Crippen molar-refractivity contribution in [2.75, 3.05) is 5.32 Å². The third-order valence-corrected chi connectivity index (χ3v) is 3.10. The number of nitrogens with one attached hydrogen (secondary N) is 1. The van der Waals surface area contributed by atoms with Crippen LogP contribution in [-0.4, -0.2) is 10.8 Å². The number of aryl methyl sites for hydroxylation is 1. The van der Waals surface area contributed by atoms with Crippen LogP contribution in [0.3, 0.4) is 0 Å². The molecule has 0 aliphatic carbocycles. The zero-order chi connectivity index (χ0) is 15.4. The van der Waals surface area contributed by atoms with Crippen LogP contribution in [0.4, 0.5) is 11.4 Å². The Morgan fingerprint density at radius 2 is 2.00 bits per heavy atom. The van der Waals surface area contributed by atoms with E-state index in [1.54, 1.807) is 37.3 Å². The van der Waals surface area contributed by atoms with E-state index in [0.29, 0.717) is 17.8 Å². The molecule has 0 spiro atoms. The van der Waals surface area contributed by atoms with E-state index in [-0.39, 0.29) is 11.3 Å². The summed E-state index contributed by atoms with van der Waals surface area (Å²) in [6.45, 7) is 2.02. The Bertz CT molecular complexity index is 698.